The molecule has 2 amide bonds. The first-order valence-electron chi connectivity index (χ1n) is 11.4. The Morgan fingerprint density at radius 3 is 2.77 bits per heavy atom. The predicted octanol–water partition coefficient (Wildman–Crippen LogP) is 1.04. The monoisotopic (exact) mass is 432 g/mol. The minimum absolute atomic E-state index is 0.0209. The third kappa shape index (κ3) is 3.49. The molecule has 0 bridgehead atoms. The van der Waals surface area contributed by atoms with Crippen LogP contribution in [-0.2, 0) is 23.9 Å². The standard InChI is InChI=1S/C23H32N2O6/c1-3-8-15(2)24-12-7-10-23-18(17-16(31-23)9-6-14-30-22(17)29)20(27)25(11-4-5-13-26)19(23)21(24)28/h6-7,9-10,15-19,26H,3-5,8,11-14H2,1-2H3/t15?,16-,17+,18-,19?,23-/m0/s1. The van der Waals surface area contributed by atoms with Gasteiger partial charge in [-0.2, -0.15) is 0 Å². The first kappa shape index (κ1) is 22.0. The molecule has 31 heavy (non-hydrogen) atoms. The van der Waals surface area contributed by atoms with Crippen molar-refractivity contribution in [3.05, 3.63) is 24.3 Å². The average molecular weight is 433 g/mol. The molecule has 0 aliphatic carbocycles. The Morgan fingerprint density at radius 2 is 2.03 bits per heavy atom. The fourth-order valence-corrected chi connectivity index (χ4v) is 5.59. The second-order valence-corrected chi connectivity index (χ2v) is 8.89. The van der Waals surface area contributed by atoms with Crippen LogP contribution >= 0.6 is 0 Å². The number of aliphatic hydroxyl groups excluding tert-OH is 1. The summed E-state index contributed by atoms with van der Waals surface area (Å²) < 4.78 is 11.7. The summed E-state index contributed by atoms with van der Waals surface area (Å²) in [5, 5.41) is 9.21. The Labute approximate surface area is 182 Å². The first-order chi connectivity index (χ1) is 15.0. The molecule has 1 spiro atoms. The van der Waals surface area contributed by atoms with Crippen LogP contribution in [0.5, 0.6) is 0 Å². The maximum atomic E-state index is 13.9. The summed E-state index contributed by atoms with van der Waals surface area (Å²) in [5.74, 6) is -2.41. The van der Waals surface area contributed by atoms with Gasteiger partial charge in [-0.1, -0.05) is 31.6 Å². The minimum atomic E-state index is -1.19. The lowest BCUT2D eigenvalue weighted by atomic mass is 9.78. The van der Waals surface area contributed by atoms with Crippen LogP contribution in [0.15, 0.2) is 24.3 Å². The van der Waals surface area contributed by atoms with Crippen molar-refractivity contribution in [1.29, 1.82) is 0 Å². The van der Waals surface area contributed by atoms with Gasteiger partial charge in [0.05, 0.1) is 12.0 Å². The summed E-state index contributed by atoms with van der Waals surface area (Å²) in [6, 6.07) is -0.794. The van der Waals surface area contributed by atoms with E-state index in [2.05, 4.69) is 6.92 Å². The third-order valence-electron chi connectivity index (χ3n) is 6.99. The molecule has 4 aliphatic heterocycles. The smallest absolute Gasteiger partial charge is 0.313 e. The number of carbonyl (C=O) groups excluding carboxylic acids is 3. The number of nitrogens with zero attached hydrogens (tertiary/aromatic N) is 2. The number of unbranched alkanes of at least 4 members (excludes halogenated alkanes) is 1. The van der Waals surface area contributed by atoms with Gasteiger partial charge >= 0.3 is 5.97 Å². The van der Waals surface area contributed by atoms with Crippen LogP contribution in [0.4, 0.5) is 0 Å². The summed E-state index contributed by atoms with van der Waals surface area (Å²) in [4.78, 5) is 43.7. The van der Waals surface area contributed by atoms with Gasteiger partial charge in [-0.15, -0.1) is 0 Å². The van der Waals surface area contributed by atoms with Gasteiger partial charge in [-0.3, -0.25) is 14.4 Å². The van der Waals surface area contributed by atoms with Crippen LogP contribution in [0.1, 0.15) is 39.5 Å². The molecule has 170 valence electrons. The number of likely N-dealkylation sites (tertiary alicyclic amines) is 1. The van der Waals surface area contributed by atoms with Crippen molar-refractivity contribution in [3.8, 4) is 0 Å². The molecule has 0 aromatic rings. The van der Waals surface area contributed by atoms with E-state index < -0.39 is 35.6 Å². The normalized spacial score (nSPS) is 35.4. The van der Waals surface area contributed by atoms with E-state index in [4.69, 9.17) is 9.47 Å². The Balaban J connectivity index is 1.76. The molecule has 2 unspecified atom stereocenters. The molecule has 2 fully saturated rings. The Kier molecular flexibility index (Phi) is 6.21. The van der Waals surface area contributed by atoms with E-state index in [0.29, 0.717) is 25.9 Å². The maximum absolute atomic E-state index is 13.9. The fraction of sp³-hybridized carbons (Fsp3) is 0.696. The molecule has 1 N–H and O–H groups in total. The predicted molar refractivity (Wildman–Crippen MR) is 112 cm³/mol. The molecule has 6 atom stereocenters. The number of hydrogen-bond donors (Lipinski definition) is 1. The van der Waals surface area contributed by atoms with Gasteiger partial charge in [-0.05, 0) is 32.3 Å². The molecule has 2 saturated heterocycles. The molecule has 0 saturated carbocycles. The van der Waals surface area contributed by atoms with Gasteiger partial charge < -0.3 is 24.4 Å². The van der Waals surface area contributed by atoms with E-state index in [1.54, 1.807) is 17.1 Å². The number of rotatable bonds is 7. The SMILES string of the molecule is CCCC(C)N1CC=C[C@]23O[C@H]4C=CCOC(=O)[C@H]4[C@H]2C(=O)N(CCCCO)C3C1=O. The average Bonchev–Trinajstić information content (AvgIpc) is 3.03. The number of aliphatic hydroxyl groups is 1. The van der Waals surface area contributed by atoms with Gasteiger partial charge in [0, 0.05) is 25.7 Å². The van der Waals surface area contributed by atoms with E-state index in [9.17, 15) is 19.5 Å². The van der Waals surface area contributed by atoms with Crippen molar-refractivity contribution in [2.75, 3.05) is 26.3 Å². The topological polar surface area (TPSA) is 96.4 Å². The minimum Gasteiger partial charge on any atom is -0.461 e. The van der Waals surface area contributed by atoms with E-state index in [1.165, 1.54) is 0 Å². The van der Waals surface area contributed by atoms with Crippen LogP contribution < -0.4 is 0 Å². The number of hydrogen-bond acceptors (Lipinski definition) is 6. The van der Waals surface area contributed by atoms with Crippen LogP contribution in [0.25, 0.3) is 0 Å². The van der Waals surface area contributed by atoms with Crippen molar-refractivity contribution in [3.63, 3.8) is 0 Å². The van der Waals surface area contributed by atoms with Crippen LogP contribution in [0.2, 0.25) is 0 Å². The highest BCUT2D eigenvalue weighted by atomic mass is 16.6. The number of cyclic esters (lactones) is 1. The van der Waals surface area contributed by atoms with Gasteiger partial charge in [0.1, 0.15) is 24.2 Å². The second kappa shape index (κ2) is 8.74. The second-order valence-electron chi connectivity index (χ2n) is 8.89. The van der Waals surface area contributed by atoms with Crippen molar-refractivity contribution >= 4 is 17.8 Å². The summed E-state index contributed by atoms with van der Waals surface area (Å²) in [5.41, 5.74) is -1.19. The first-order valence-corrected chi connectivity index (χ1v) is 11.4. The van der Waals surface area contributed by atoms with Crippen molar-refractivity contribution in [1.82, 2.24) is 9.80 Å². The fourth-order valence-electron chi connectivity index (χ4n) is 5.59. The Hall–Kier alpha value is -2.19. The van der Waals surface area contributed by atoms with Gasteiger partial charge in [0.15, 0.2) is 0 Å². The third-order valence-corrected chi connectivity index (χ3v) is 6.99. The molecule has 4 rings (SSSR count). The molecule has 8 heteroatoms. The summed E-state index contributed by atoms with van der Waals surface area (Å²) in [7, 11) is 0. The number of fused-ring (bicyclic) bond motifs is 2. The van der Waals surface area contributed by atoms with Gasteiger partial charge in [0.2, 0.25) is 11.8 Å². The van der Waals surface area contributed by atoms with Crippen molar-refractivity contribution in [2.45, 2.75) is 63.3 Å². The maximum Gasteiger partial charge on any atom is 0.313 e. The molecular formula is C23H32N2O6. The highest BCUT2D eigenvalue weighted by Crippen LogP contribution is 2.53. The van der Waals surface area contributed by atoms with E-state index in [1.807, 2.05) is 24.0 Å². The molecule has 4 heterocycles. The summed E-state index contributed by atoms with van der Waals surface area (Å²) >= 11 is 0. The quantitative estimate of drug-likeness (QED) is 0.367. The zero-order chi connectivity index (χ0) is 22.2. The molecule has 0 aromatic carbocycles. The molecular weight excluding hydrogens is 400 g/mol. The van der Waals surface area contributed by atoms with Crippen LogP contribution in [-0.4, -0.2) is 82.8 Å². The molecule has 0 radical (unpaired) electrons. The Bertz CT molecular complexity index is 795. The number of carbonyl (C=O) groups is 3. The number of amides is 2. The van der Waals surface area contributed by atoms with E-state index in [0.717, 1.165) is 12.8 Å². The summed E-state index contributed by atoms with van der Waals surface area (Å²) in [6.45, 7) is 5.07. The van der Waals surface area contributed by atoms with E-state index >= 15 is 0 Å². The van der Waals surface area contributed by atoms with Crippen molar-refractivity contribution in [2.24, 2.45) is 11.8 Å². The van der Waals surface area contributed by atoms with Crippen LogP contribution in [0.3, 0.4) is 0 Å². The molecule has 8 nitrogen and oxygen atoms in total. The van der Waals surface area contributed by atoms with E-state index in [-0.39, 0.29) is 31.1 Å². The lowest BCUT2D eigenvalue weighted by Gasteiger charge is -2.37. The Morgan fingerprint density at radius 1 is 1.23 bits per heavy atom. The summed E-state index contributed by atoms with van der Waals surface area (Å²) in [6.07, 6.45) is 9.59. The zero-order valence-corrected chi connectivity index (χ0v) is 18.2. The number of esters is 1. The molecule has 0 aromatic heterocycles. The lowest BCUT2D eigenvalue weighted by Crippen LogP contribution is -2.56. The highest BCUT2D eigenvalue weighted by molar-refractivity contribution is 5.99. The highest BCUT2D eigenvalue weighted by Gasteiger charge is 2.71. The lowest BCUT2D eigenvalue weighted by molar-refractivity contribution is -0.153. The van der Waals surface area contributed by atoms with Gasteiger partial charge in [-0.25, -0.2) is 0 Å². The van der Waals surface area contributed by atoms with Crippen molar-refractivity contribution < 1.29 is 29.0 Å². The van der Waals surface area contributed by atoms with Crippen LogP contribution in [0, 0.1) is 11.8 Å². The largest absolute Gasteiger partial charge is 0.461 e. The molecule has 4 aliphatic rings. The zero-order valence-electron chi connectivity index (χ0n) is 18.2. The van der Waals surface area contributed by atoms with Gasteiger partial charge in [0.25, 0.3) is 0 Å². The number of ether oxygens (including phenoxy) is 2.